The van der Waals surface area contributed by atoms with Crippen molar-refractivity contribution < 1.29 is 4.39 Å². The topological polar surface area (TPSA) is 24.4 Å². The van der Waals surface area contributed by atoms with Gasteiger partial charge in [-0.2, -0.15) is 4.39 Å². The first-order valence-electron chi connectivity index (χ1n) is 2.39. The van der Waals surface area contributed by atoms with Gasteiger partial charge < -0.3 is 5.32 Å². The fourth-order valence-corrected chi connectivity index (χ4v) is 0.464. The number of nitrogens with zero attached hydrogens (tertiary/aromatic N) is 1. The molecule has 0 saturated carbocycles. The van der Waals surface area contributed by atoms with Gasteiger partial charge in [0.15, 0.2) is 0 Å². The van der Waals surface area contributed by atoms with E-state index in [1.54, 1.807) is 6.20 Å². The summed E-state index contributed by atoms with van der Waals surface area (Å²) in [6, 6.07) is 0. The van der Waals surface area contributed by atoms with Gasteiger partial charge in [0.1, 0.15) is 0 Å². The van der Waals surface area contributed by atoms with Crippen LogP contribution in [0.5, 0.6) is 0 Å². The van der Waals surface area contributed by atoms with Crippen molar-refractivity contribution in [3.63, 3.8) is 0 Å². The molecule has 1 unspecified atom stereocenters. The van der Waals surface area contributed by atoms with Crippen molar-refractivity contribution in [2.75, 3.05) is 0 Å². The highest BCUT2D eigenvalue weighted by Gasteiger charge is 2.00. The fourth-order valence-electron chi connectivity index (χ4n) is 0.464. The lowest BCUT2D eigenvalue weighted by molar-refractivity contribution is 0.313. The normalized spacial score (nSPS) is 26.8. The minimum absolute atomic E-state index is 0.943. The highest BCUT2D eigenvalue weighted by molar-refractivity contribution is 5.78. The number of nitrogens with one attached hydrogen (secondary N) is 1. The molecule has 8 heavy (non-hydrogen) atoms. The molecule has 0 aromatic rings. The van der Waals surface area contributed by atoms with Crippen molar-refractivity contribution in [1.29, 1.82) is 0 Å². The second-order valence-electron chi connectivity index (χ2n) is 1.67. The molecule has 44 valence electrons. The Morgan fingerprint density at radius 3 is 3.00 bits per heavy atom. The summed E-state index contributed by atoms with van der Waals surface area (Å²) in [5, 5.41) is 2.41. The van der Waals surface area contributed by atoms with Gasteiger partial charge in [0, 0.05) is 12.4 Å². The van der Waals surface area contributed by atoms with Crippen molar-refractivity contribution in [1.82, 2.24) is 5.32 Å². The third-order valence-electron chi connectivity index (χ3n) is 0.858. The number of aliphatic imine (C=N–C) groups is 1. The number of halogens is 1. The molecule has 1 aliphatic heterocycles. The molecule has 1 heterocycles. The summed E-state index contributed by atoms with van der Waals surface area (Å²) in [6.07, 6.45) is 1.86. The maximum absolute atomic E-state index is 12.0. The molecule has 2 nitrogen and oxygen atoms in total. The molecule has 0 bridgehead atoms. The molecule has 0 aromatic carbocycles. The SMILES string of the molecule is CC1=CNC(F)N=C1. The van der Waals surface area contributed by atoms with Gasteiger partial charge in [-0.15, -0.1) is 0 Å². The van der Waals surface area contributed by atoms with Crippen LogP contribution in [0.2, 0.25) is 0 Å². The Hall–Kier alpha value is -0.860. The van der Waals surface area contributed by atoms with E-state index in [0.717, 1.165) is 5.57 Å². The van der Waals surface area contributed by atoms with E-state index in [1.807, 2.05) is 6.92 Å². The first-order valence-corrected chi connectivity index (χ1v) is 2.39. The van der Waals surface area contributed by atoms with E-state index in [0.29, 0.717) is 0 Å². The van der Waals surface area contributed by atoms with Crippen LogP contribution in [0.15, 0.2) is 16.8 Å². The summed E-state index contributed by atoms with van der Waals surface area (Å²) >= 11 is 0. The summed E-state index contributed by atoms with van der Waals surface area (Å²) in [7, 11) is 0. The van der Waals surface area contributed by atoms with E-state index in [-0.39, 0.29) is 0 Å². The van der Waals surface area contributed by atoms with Gasteiger partial charge in [-0.1, -0.05) is 0 Å². The third-order valence-corrected chi connectivity index (χ3v) is 0.858. The van der Waals surface area contributed by atoms with Gasteiger partial charge in [0.25, 0.3) is 6.42 Å². The second kappa shape index (κ2) is 1.94. The molecule has 1 aliphatic rings. The van der Waals surface area contributed by atoms with Crippen molar-refractivity contribution >= 4 is 6.21 Å². The van der Waals surface area contributed by atoms with Gasteiger partial charge in [-0.25, -0.2) is 4.99 Å². The maximum Gasteiger partial charge on any atom is 0.264 e. The molecule has 0 saturated heterocycles. The highest BCUT2D eigenvalue weighted by atomic mass is 19.1. The lowest BCUT2D eigenvalue weighted by atomic mass is 10.3. The quantitative estimate of drug-likeness (QED) is 0.463. The molecular formula is C5H7FN2. The lowest BCUT2D eigenvalue weighted by Gasteiger charge is -2.06. The Balaban J connectivity index is 2.58. The van der Waals surface area contributed by atoms with Crippen LogP contribution >= 0.6 is 0 Å². The summed E-state index contributed by atoms with van der Waals surface area (Å²) in [6.45, 7) is 1.85. The molecule has 3 heteroatoms. The third kappa shape index (κ3) is 1.05. The number of alkyl halides is 1. The largest absolute Gasteiger partial charge is 0.344 e. The van der Waals surface area contributed by atoms with Gasteiger partial charge in [0.05, 0.1) is 0 Å². The predicted octanol–water partition coefficient (Wildman–Crippen LogP) is 0.817. The van der Waals surface area contributed by atoms with Crippen LogP contribution in [-0.4, -0.2) is 12.6 Å². The van der Waals surface area contributed by atoms with E-state index in [1.165, 1.54) is 6.21 Å². The Morgan fingerprint density at radius 2 is 2.62 bits per heavy atom. The van der Waals surface area contributed by atoms with Crippen molar-refractivity contribution in [3.05, 3.63) is 11.8 Å². The van der Waals surface area contributed by atoms with E-state index < -0.39 is 6.42 Å². The van der Waals surface area contributed by atoms with Crippen LogP contribution in [0.4, 0.5) is 4.39 Å². The zero-order valence-corrected chi connectivity index (χ0v) is 4.56. The Morgan fingerprint density at radius 1 is 1.88 bits per heavy atom. The molecule has 0 spiro atoms. The molecule has 1 rings (SSSR count). The van der Waals surface area contributed by atoms with E-state index in [9.17, 15) is 4.39 Å². The zero-order valence-electron chi connectivity index (χ0n) is 4.56. The van der Waals surface area contributed by atoms with Crippen LogP contribution < -0.4 is 5.32 Å². The second-order valence-corrected chi connectivity index (χ2v) is 1.67. The summed E-state index contributed by atoms with van der Waals surface area (Å²) in [5.74, 6) is 0. The minimum Gasteiger partial charge on any atom is -0.344 e. The number of hydrogen-bond donors (Lipinski definition) is 1. The minimum atomic E-state index is -1.24. The van der Waals surface area contributed by atoms with Crippen molar-refractivity contribution in [2.24, 2.45) is 4.99 Å². The fraction of sp³-hybridized carbons (Fsp3) is 0.400. The highest BCUT2D eigenvalue weighted by Crippen LogP contribution is 1.96. The summed E-state index contributed by atoms with van der Waals surface area (Å²) in [4.78, 5) is 3.44. The molecule has 0 fully saturated rings. The number of rotatable bonds is 0. The molecule has 0 amide bonds. The molecule has 1 N–H and O–H groups in total. The maximum atomic E-state index is 12.0. The first-order chi connectivity index (χ1) is 3.79. The van der Waals surface area contributed by atoms with Crippen molar-refractivity contribution in [2.45, 2.75) is 13.3 Å². The standard InChI is InChI=1S/C5H7FN2/c1-4-2-7-5(6)8-3-4/h2-3,5,7H,1H3. The molecule has 0 aromatic heterocycles. The molecule has 0 aliphatic carbocycles. The van der Waals surface area contributed by atoms with Crippen LogP contribution in [0.25, 0.3) is 0 Å². The molecule has 0 radical (unpaired) electrons. The Bertz CT molecular complexity index is 139. The Kier molecular flexibility index (Phi) is 1.28. The van der Waals surface area contributed by atoms with Gasteiger partial charge >= 0.3 is 0 Å². The van der Waals surface area contributed by atoms with Gasteiger partial charge in [0.2, 0.25) is 0 Å². The number of allylic oxidation sites excluding steroid dienone is 1. The number of hydrogen-bond acceptors (Lipinski definition) is 2. The van der Waals surface area contributed by atoms with Crippen molar-refractivity contribution in [3.8, 4) is 0 Å². The smallest absolute Gasteiger partial charge is 0.264 e. The average Bonchev–Trinajstić information content (AvgIpc) is 1.77. The van der Waals surface area contributed by atoms with E-state index in [2.05, 4.69) is 10.3 Å². The molecular weight excluding hydrogens is 107 g/mol. The first kappa shape index (κ1) is 5.28. The van der Waals surface area contributed by atoms with Crippen LogP contribution in [0.3, 0.4) is 0 Å². The Labute approximate surface area is 47.1 Å². The van der Waals surface area contributed by atoms with E-state index in [4.69, 9.17) is 0 Å². The monoisotopic (exact) mass is 114 g/mol. The predicted molar refractivity (Wildman–Crippen MR) is 30.3 cm³/mol. The zero-order chi connectivity index (χ0) is 5.98. The summed E-state index contributed by atoms with van der Waals surface area (Å²) in [5.41, 5.74) is 0.943. The van der Waals surface area contributed by atoms with E-state index >= 15 is 0 Å². The van der Waals surface area contributed by atoms with Gasteiger partial charge in [-0.05, 0) is 12.5 Å². The molecule has 1 atom stereocenters. The average molecular weight is 114 g/mol. The van der Waals surface area contributed by atoms with Crippen LogP contribution in [0, 0.1) is 0 Å². The van der Waals surface area contributed by atoms with Gasteiger partial charge in [-0.3, -0.25) is 0 Å². The lowest BCUT2D eigenvalue weighted by Crippen LogP contribution is -2.20. The van der Waals surface area contributed by atoms with Crippen LogP contribution in [0.1, 0.15) is 6.92 Å². The van der Waals surface area contributed by atoms with Crippen LogP contribution in [-0.2, 0) is 0 Å². The summed E-state index contributed by atoms with van der Waals surface area (Å²) < 4.78 is 12.0.